The molecule has 0 spiro atoms. The Morgan fingerprint density at radius 1 is 1.17 bits per heavy atom. The van der Waals surface area contributed by atoms with Crippen LogP contribution in [0.2, 0.25) is 0 Å². The first-order chi connectivity index (χ1) is 8.84. The Morgan fingerprint density at radius 2 is 2.00 bits per heavy atom. The second-order valence-electron chi connectivity index (χ2n) is 4.04. The molecule has 1 atom stereocenters. The Kier molecular flexibility index (Phi) is 2.72. The first-order valence-electron chi connectivity index (χ1n) is 5.67. The summed E-state index contributed by atoms with van der Waals surface area (Å²) in [6.07, 6.45) is 3.53. The van der Waals surface area contributed by atoms with Crippen molar-refractivity contribution in [3.05, 3.63) is 60.2 Å². The highest BCUT2D eigenvalue weighted by molar-refractivity contribution is 5.48. The molecule has 0 saturated carbocycles. The number of halogens is 1. The quantitative estimate of drug-likeness (QED) is 0.811. The lowest BCUT2D eigenvalue weighted by Gasteiger charge is -2.21. The van der Waals surface area contributed by atoms with Crippen LogP contribution in [0.15, 0.2) is 59.1 Å². The van der Waals surface area contributed by atoms with Gasteiger partial charge in [-0.2, -0.15) is 5.11 Å². The van der Waals surface area contributed by atoms with Gasteiger partial charge in [0.25, 0.3) is 0 Å². The summed E-state index contributed by atoms with van der Waals surface area (Å²) >= 11 is 0. The molecule has 0 aliphatic carbocycles. The fourth-order valence-electron chi connectivity index (χ4n) is 1.97. The molecule has 0 amide bonds. The fourth-order valence-corrected chi connectivity index (χ4v) is 1.97. The summed E-state index contributed by atoms with van der Waals surface area (Å²) in [4.78, 5) is 4.10. The van der Waals surface area contributed by atoms with Gasteiger partial charge in [0.2, 0.25) is 0 Å². The Bertz CT molecular complexity index is 553. The van der Waals surface area contributed by atoms with Crippen LogP contribution in [0.1, 0.15) is 11.6 Å². The number of anilines is 1. The predicted molar refractivity (Wildman–Crippen MR) is 65.6 cm³/mol. The summed E-state index contributed by atoms with van der Waals surface area (Å²) in [5, 5.41) is 9.94. The van der Waals surface area contributed by atoms with Crippen LogP contribution in [-0.2, 0) is 0 Å². The molecule has 3 rings (SSSR count). The summed E-state index contributed by atoms with van der Waals surface area (Å²) in [6, 6.07) is 10.1. The van der Waals surface area contributed by atoms with Gasteiger partial charge in [-0.3, -0.25) is 4.98 Å². The van der Waals surface area contributed by atoms with E-state index in [1.54, 1.807) is 29.5 Å². The monoisotopic (exact) mass is 242 g/mol. The van der Waals surface area contributed by atoms with Gasteiger partial charge in [0, 0.05) is 12.4 Å². The van der Waals surface area contributed by atoms with E-state index in [0.29, 0.717) is 6.54 Å². The van der Waals surface area contributed by atoms with Gasteiger partial charge in [-0.25, -0.2) is 9.40 Å². The number of hydrogen-bond donors (Lipinski definition) is 0. The van der Waals surface area contributed by atoms with Crippen LogP contribution in [0.4, 0.5) is 10.1 Å². The minimum Gasteiger partial charge on any atom is -0.264 e. The Labute approximate surface area is 104 Å². The lowest BCUT2D eigenvalue weighted by Crippen LogP contribution is -2.20. The fraction of sp³-hybridized carbons (Fsp3) is 0.154. The van der Waals surface area contributed by atoms with Crippen LogP contribution >= 0.6 is 0 Å². The number of rotatable bonds is 2. The van der Waals surface area contributed by atoms with Gasteiger partial charge < -0.3 is 0 Å². The predicted octanol–water partition coefficient (Wildman–Crippen LogP) is 3.15. The van der Waals surface area contributed by atoms with Crippen molar-refractivity contribution in [2.75, 3.05) is 11.6 Å². The van der Waals surface area contributed by atoms with Crippen molar-refractivity contribution in [2.24, 2.45) is 10.3 Å². The summed E-state index contributed by atoms with van der Waals surface area (Å²) < 4.78 is 12.9. The average Bonchev–Trinajstić information content (AvgIpc) is 2.90. The van der Waals surface area contributed by atoms with Gasteiger partial charge >= 0.3 is 0 Å². The lowest BCUT2D eigenvalue weighted by atomic mass is 10.1. The molecule has 1 unspecified atom stereocenters. The Balaban J connectivity index is 1.91. The van der Waals surface area contributed by atoms with Gasteiger partial charge in [-0.05, 0) is 35.9 Å². The zero-order chi connectivity index (χ0) is 12.4. The van der Waals surface area contributed by atoms with Crippen molar-refractivity contribution in [2.45, 2.75) is 6.04 Å². The van der Waals surface area contributed by atoms with Gasteiger partial charge in [-0.1, -0.05) is 11.3 Å². The van der Waals surface area contributed by atoms with E-state index in [4.69, 9.17) is 0 Å². The molecule has 5 heteroatoms. The highest BCUT2D eigenvalue weighted by atomic mass is 19.1. The zero-order valence-corrected chi connectivity index (χ0v) is 9.57. The first kappa shape index (κ1) is 10.8. The third-order valence-electron chi connectivity index (χ3n) is 2.87. The van der Waals surface area contributed by atoms with E-state index in [-0.39, 0.29) is 11.9 Å². The second-order valence-corrected chi connectivity index (χ2v) is 4.04. The van der Waals surface area contributed by atoms with Crippen molar-refractivity contribution in [3.63, 3.8) is 0 Å². The maximum absolute atomic E-state index is 12.9. The van der Waals surface area contributed by atoms with Crippen molar-refractivity contribution < 1.29 is 4.39 Å². The van der Waals surface area contributed by atoms with E-state index in [2.05, 4.69) is 15.3 Å². The number of hydrogen-bond acceptors (Lipinski definition) is 4. The van der Waals surface area contributed by atoms with Crippen LogP contribution < -0.4 is 5.01 Å². The van der Waals surface area contributed by atoms with E-state index in [1.807, 2.05) is 12.1 Å². The Hall–Kier alpha value is -2.30. The molecule has 4 nitrogen and oxygen atoms in total. The first-order valence-corrected chi connectivity index (χ1v) is 5.67. The molecule has 1 aliphatic rings. The summed E-state index contributed by atoms with van der Waals surface area (Å²) in [5.74, 6) is -0.257. The molecule has 0 saturated heterocycles. The molecule has 0 radical (unpaired) electrons. The molecule has 0 N–H and O–H groups in total. The number of nitrogens with zero attached hydrogens (tertiary/aromatic N) is 4. The van der Waals surface area contributed by atoms with Crippen LogP contribution in [0, 0.1) is 5.82 Å². The van der Waals surface area contributed by atoms with Crippen molar-refractivity contribution in [1.82, 2.24) is 4.98 Å². The summed E-state index contributed by atoms with van der Waals surface area (Å²) in [6.45, 7) is 0.586. The number of pyridine rings is 1. The molecule has 18 heavy (non-hydrogen) atoms. The zero-order valence-electron chi connectivity index (χ0n) is 9.57. The molecule has 1 aliphatic heterocycles. The molecule has 90 valence electrons. The average molecular weight is 242 g/mol. The highest BCUT2D eigenvalue weighted by Gasteiger charge is 2.25. The largest absolute Gasteiger partial charge is 0.264 e. The van der Waals surface area contributed by atoms with Gasteiger partial charge in [0.1, 0.15) is 11.9 Å². The lowest BCUT2D eigenvalue weighted by molar-refractivity contribution is 0.627. The third-order valence-corrected chi connectivity index (χ3v) is 2.87. The van der Waals surface area contributed by atoms with E-state index in [1.165, 1.54) is 12.1 Å². The smallest absolute Gasteiger partial charge is 0.123 e. The molecule has 2 aromatic rings. The van der Waals surface area contributed by atoms with Crippen LogP contribution in [-0.4, -0.2) is 11.5 Å². The van der Waals surface area contributed by atoms with Crippen LogP contribution in [0.5, 0.6) is 0 Å². The third kappa shape index (κ3) is 1.95. The summed E-state index contributed by atoms with van der Waals surface area (Å²) in [5.41, 5.74) is 1.87. The number of aromatic nitrogens is 1. The van der Waals surface area contributed by atoms with E-state index in [9.17, 15) is 4.39 Å². The van der Waals surface area contributed by atoms with Gasteiger partial charge in [0.15, 0.2) is 0 Å². The van der Waals surface area contributed by atoms with Gasteiger partial charge in [-0.15, -0.1) is 0 Å². The SMILES string of the molecule is Fc1ccc(N2N=NCC2c2cccnc2)cc1. The molecule has 1 aromatic heterocycles. The highest BCUT2D eigenvalue weighted by Crippen LogP contribution is 2.31. The molecule has 2 heterocycles. The standard InChI is InChI=1S/C13H11FN4/c14-11-3-5-12(6-4-11)18-13(9-16-17-18)10-2-1-7-15-8-10/h1-8,13H,9H2. The second kappa shape index (κ2) is 4.52. The van der Waals surface area contributed by atoms with Crippen LogP contribution in [0.25, 0.3) is 0 Å². The number of benzene rings is 1. The summed E-state index contributed by atoms with van der Waals surface area (Å²) in [7, 11) is 0. The molecular weight excluding hydrogens is 231 g/mol. The Morgan fingerprint density at radius 3 is 2.72 bits per heavy atom. The minimum absolute atomic E-state index is 0.0316. The molecule has 0 bridgehead atoms. The van der Waals surface area contributed by atoms with Crippen molar-refractivity contribution >= 4 is 5.69 Å². The molecule has 0 fully saturated rings. The van der Waals surface area contributed by atoms with Crippen LogP contribution in [0.3, 0.4) is 0 Å². The van der Waals surface area contributed by atoms with Gasteiger partial charge in [0.05, 0.1) is 12.2 Å². The van der Waals surface area contributed by atoms with Crippen molar-refractivity contribution in [1.29, 1.82) is 0 Å². The molecular formula is C13H11FN4. The maximum Gasteiger partial charge on any atom is 0.123 e. The van der Waals surface area contributed by atoms with Crippen molar-refractivity contribution in [3.8, 4) is 0 Å². The normalized spacial score (nSPS) is 18.3. The molecule has 1 aromatic carbocycles. The minimum atomic E-state index is -0.257. The maximum atomic E-state index is 12.9. The van der Waals surface area contributed by atoms with E-state index < -0.39 is 0 Å². The topological polar surface area (TPSA) is 40.9 Å². The van der Waals surface area contributed by atoms with E-state index in [0.717, 1.165) is 11.3 Å². The van der Waals surface area contributed by atoms with E-state index >= 15 is 0 Å².